The second-order valence-electron chi connectivity index (χ2n) is 15.7. The second-order valence-corrected chi connectivity index (χ2v) is 20.3. The van der Waals surface area contributed by atoms with Gasteiger partial charge in [0.1, 0.15) is 0 Å². The molecule has 1 heteroatoms. The highest BCUT2D eigenvalue weighted by molar-refractivity contribution is 7.78. The maximum atomic E-state index is 2.54. The van der Waals surface area contributed by atoms with Gasteiger partial charge in [-0.15, -0.1) is 0 Å². The lowest BCUT2D eigenvalue weighted by molar-refractivity contribution is 0.439. The first-order chi connectivity index (χ1) is 20.3. The summed E-state index contributed by atoms with van der Waals surface area (Å²) in [4.78, 5) is 0. The van der Waals surface area contributed by atoms with E-state index in [4.69, 9.17) is 0 Å². The van der Waals surface area contributed by atoms with Crippen LogP contribution in [0.2, 0.25) is 0 Å². The van der Waals surface area contributed by atoms with Crippen molar-refractivity contribution in [1.82, 2.24) is 0 Å². The first-order valence-corrected chi connectivity index (χ1v) is 20.4. The molecule has 0 amide bonds. The molecule has 4 aliphatic carbocycles. The Labute approximate surface area is 260 Å². The van der Waals surface area contributed by atoms with Crippen LogP contribution in [0, 0.1) is 41.5 Å². The molecule has 4 aliphatic rings. The molecule has 6 rings (SSSR count). The van der Waals surface area contributed by atoms with Crippen molar-refractivity contribution in [1.29, 1.82) is 0 Å². The van der Waals surface area contributed by atoms with Crippen molar-refractivity contribution in [3.8, 4) is 0 Å². The largest absolute Gasteiger partial charge is 0.0842 e. The van der Waals surface area contributed by atoms with E-state index in [9.17, 15) is 0 Å². The third-order valence-corrected chi connectivity index (χ3v) is 20.1. The fourth-order valence-electron chi connectivity index (χ4n) is 12.0. The van der Waals surface area contributed by atoms with Crippen molar-refractivity contribution in [2.24, 2.45) is 0 Å². The Bertz CT molecular complexity index is 1060. The van der Waals surface area contributed by atoms with Gasteiger partial charge in [0.05, 0.1) is 22.6 Å². The van der Waals surface area contributed by atoms with E-state index in [1.807, 2.05) is 0 Å². The van der Waals surface area contributed by atoms with Gasteiger partial charge in [0.15, 0.2) is 0 Å². The molecule has 4 saturated carbocycles. The van der Waals surface area contributed by atoms with E-state index in [0.29, 0.717) is 0 Å². The van der Waals surface area contributed by atoms with E-state index in [1.165, 1.54) is 81.8 Å². The van der Waals surface area contributed by atoms with Crippen LogP contribution in [0.3, 0.4) is 0 Å². The highest BCUT2D eigenvalue weighted by Crippen LogP contribution is 2.85. The minimum Gasteiger partial charge on any atom is -0.0561 e. The van der Waals surface area contributed by atoms with E-state index in [2.05, 4.69) is 65.8 Å². The summed E-state index contributed by atoms with van der Waals surface area (Å²) in [6.07, 6.45) is 25.8. The fraction of sp³-hybridized carbons (Fsp3) is 0.707. The molecule has 2 unspecified atom stereocenters. The molecule has 0 nitrogen and oxygen atoms in total. The van der Waals surface area contributed by atoms with E-state index in [-0.39, 0.29) is 0 Å². The highest BCUT2D eigenvalue weighted by Gasteiger charge is 2.66. The van der Waals surface area contributed by atoms with Crippen molar-refractivity contribution in [2.45, 2.75) is 185 Å². The molecule has 0 N–H and O–H groups in total. The molecule has 2 atom stereocenters. The molecule has 0 heterocycles. The maximum absolute atomic E-state index is 2.54. The Morgan fingerprint density at radius 2 is 0.690 bits per heavy atom. The van der Waals surface area contributed by atoms with Crippen LogP contribution in [0.4, 0.5) is 0 Å². The van der Waals surface area contributed by atoms with Gasteiger partial charge in [-0.25, -0.2) is 0 Å². The van der Waals surface area contributed by atoms with E-state index < -0.39 is 7.26 Å². The average molecular weight is 586 g/mol. The molecule has 0 spiro atoms. The van der Waals surface area contributed by atoms with E-state index in [0.717, 1.165) is 34.5 Å². The normalized spacial score (nSPS) is 27.0. The molecule has 230 valence electrons. The number of hydrogen-bond donors (Lipinski definition) is 0. The maximum Gasteiger partial charge on any atom is 0.0842 e. The number of rotatable bonds is 6. The molecule has 42 heavy (non-hydrogen) atoms. The third kappa shape index (κ3) is 5.59. The molecular formula is C41H62P+. The van der Waals surface area contributed by atoms with Crippen LogP contribution < -0.4 is 0 Å². The van der Waals surface area contributed by atoms with Crippen molar-refractivity contribution >= 4 is 7.26 Å². The van der Waals surface area contributed by atoms with Crippen molar-refractivity contribution in [3.05, 3.63) is 68.8 Å². The quantitative estimate of drug-likeness (QED) is 0.296. The zero-order valence-electron chi connectivity index (χ0n) is 28.2. The van der Waals surface area contributed by atoms with Gasteiger partial charge in [0, 0.05) is 19.1 Å². The molecule has 0 aromatic heterocycles. The van der Waals surface area contributed by atoms with Gasteiger partial charge in [0.25, 0.3) is 0 Å². The fourth-order valence-corrected chi connectivity index (χ4v) is 20.9. The first-order valence-electron chi connectivity index (χ1n) is 18.4. The lowest BCUT2D eigenvalue weighted by Crippen LogP contribution is -2.44. The summed E-state index contributed by atoms with van der Waals surface area (Å²) < 4.78 is 0. The molecular weight excluding hydrogens is 523 g/mol. The summed E-state index contributed by atoms with van der Waals surface area (Å²) in [6.45, 7) is 14.5. The lowest BCUT2D eigenvalue weighted by atomic mass is 9.84. The van der Waals surface area contributed by atoms with Crippen LogP contribution in [-0.2, 0) is 0 Å². The number of hydrogen-bond acceptors (Lipinski definition) is 0. The van der Waals surface area contributed by atoms with E-state index in [1.54, 1.807) is 71.9 Å². The summed E-state index contributed by atoms with van der Waals surface area (Å²) in [5.74, 6) is 1.52. The molecule has 2 aromatic rings. The average Bonchev–Trinajstić information content (AvgIpc) is 3.38. The van der Waals surface area contributed by atoms with Gasteiger partial charge >= 0.3 is 0 Å². The van der Waals surface area contributed by atoms with Crippen molar-refractivity contribution in [3.63, 3.8) is 0 Å². The van der Waals surface area contributed by atoms with Crippen LogP contribution in [0.1, 0.15) is 165 Å². The smallest absolute Gasteiger partial charge is 0.0561 e. The van der Waals surface area contributed by atoms with Gasteiger partial charge < -0.3 is 0 Å². The monoisotopic (exact) mass is 585 g/mol. The predicted molar refractivity (Wildman–Crippen MR) is 187 cm³/mol. The summed E-state index contributed by atoms with van der Waals surface area (Å²) in [6, 6.07) is 10.2. The topological polar surface area (TPSA) is 0 Å². The molecule has 0 aliphatic heterocycles. The SMILES string of the molecule is Cc1cc(C)c(C2CCC(c3c(C)cc(C)cc3C)C2[P+](C2CCCCC2)(C2CCCCC2)C2CCCCC2)c(C)c1. The summed E-state index contributed by atoms with van der Waals surface area (Å²) in [5, 5.41) is 0. The Hall–Kier alpha value is -1.13. The zero-order valence-corrected chi connectivity index (χ0v) is 29.1. The van der Waals surface area contributed by atoms with Crippen LogP contribution in [0.25, 0.3) is 0 Å². The lowest BCUT2D eigenvalue weighted by Gasteiger charge is -2.55. The Balaban J connectivity index is 1.62. The van der Waals surface area contributed by atoms with Gasteiger partial charge in [-0.05, 0) is 165 Å². The Morgan fingerprint density at radius 1 is 0.405 bits per heavy atom. The third-order valence-electron chi connectivity index (χ3n) is 13.0. The first kappa shape index (κ1) is 30.9. The minimum absolute atomic E-state index is 0.759. The van der Waals surface area contributed by atoms with Gasteiger partial charge in [0.2, 0.25) is 0 Å². The summed E-state index contributed by atoms with van der Waals surface area (Å²) >= 11 is 0. The second kappa shape index (κ2) is 13.1. The van der Waals surface area contributed by atoms with Gasteiger partial charge in [-0.2, -0.15) is 0 Å². The predicted octanol–water partition coefficient (Wildman–Crippen LogP) is 12.6. The van der Waals surface area contributed by atoms with E-state index >= 15 is 0 Å². The Morgan fingerprint density at radius 3 is 0.976 bits per heavy atom. The van der Waals surface area contributed by atoms with Crippen LogP contribution in [0.5, 0.6) is 0 Å². The molecule has 2 aromatic carbocycles. The molecule has 0 bridgehead atoms. The minimum atomic E-state index is -1.32. The summed E-state index contributed by atoms with van der Waals surface area (Å²) in [7, 11) is -1.32. The van der Waals surface area contributed by atoms with Gasteiger partial charge in [-0.3, -0.25) is 0 Å². The number of aryl methyl sites for hydroxylation is 6. The summed E-state index contributed by atoms with van der Waals surface area (Å²) in [5.41, 5.74) is 17.0. The van der Waals surface area contributed by atoms with Crippen molar-refractivity contribution < 1.29 is 0 Å². The highest BCUT2D eigenvalue weighted by atomic mass is 31.2. The van der Waals surface area contributed by atoms with Gasteiger partial charge in [-0.1, -0.05) is 54.7 Å². The standard InChI is InChI=1S/C41H62P/c1-28-24-30(3)39(31(4)25-28)37-22-23-38(40-32(5)26-29(2)27-33(40)6)41(37)42(34-16-10-7-11-17-34,35-18-12-8-13-19-35)36-20-14-9-15-21-36/h24-27,34-38,41H,7-23H2,1-6H3/q+1. The Kier molecular flexibility index (Phi) is 9.61. The number of benzene rings is 2. The van der Waals surface area contributed by atoms with Crippen LogP contribution in [-0.4, -0.2) is 22.6 Å². The van der Waals surface area contributed by atoms with Crippen LogP contribution in [0.15, 0.2) is 24.3 Å². The molecule has 0 saturated heterocycles. The van der Waals surface area contributed by atoms with Crippen LogP contribution >= 0.6 is 7.26 Å². The molecule has 4 fully saturated rings. The van der Waals surface area contributed by atoms with Crippen molar-refractivity contribution in [2.75, 3.05) is 0 Å². The molecule has 0 radical (unpaired) electrons. The zero-order chi connectivity index (χ0) is 29.4.